The van der Waals surface area contributed by atoms with Gasteiger partial charge < -0.3 is 15.4 Å². The molecule has 1 amide bonds. The molecule has 0 radical (unpaired) electrons. The van der Waals surface area contributed by atoms with Crippen LogP contribution in [0.4, 0.5) is 5.82 Å². The van der Waals surface area contributed by atoms with Gasteiger partial charge in [0.05, 0.1) is 7.11 Å². The van der Waals surface area contributed by atoms with Gasteiger partial charge in [-0.15, -0.1) is 10.2 Å². The van der Waals surface area contributed by atoms with Crippen molar-refractivity contribution < 1.29 is 14.3 Å². The molecule has 1 aliphatic carbocycles. The molecule has 1 aliphatic rings. The monoisotopic (exact) mass is 264 g/mol. The van der Waals surface area contributed by atoms with Crippen molar-refractivity contribution in [3.8, 4) is 0 Å². The van der Waals surface area contributed by atoms with E-state index in [1.54, 1.807) is 6.07 Å². The first kappa shape index (κ1) is 13.3. The largest absolute Gasteiger partial charge is 0.464 e. The van der Waals surface area contributed by atoms with Crippen molar-refractivity contribution in [2.24, 2.45) is 0 Å². The summed E-state index contributed by atoms with van der Waals surface area (Å²) < 4.78 is 4.52. The van der Waals surface area contributed by atoms with Gasteiger partial charge in [0, 0.05) is 19.0 Å². The lowest BCUT2D eigenvalue weighted by Gasteiger charge is -2.05. The van der Waals surface area contributed by atoms with Gasteiger partial charge in [0.25, 0.3) is 0 Å². The number of nitrogens with one attached hydrogen (secondary N) is 2. The third-order valence-electron chi connectivity index (χ3n) is 2.66. The van der Waals surface area contributed by atoms with E-state index in [9.17, 15) is 9.59 Å². The number of amides is 1. The first-order chi connectivity index (χ1) is 9.19. The van der Waals surface area contributed by atoms with E-state index in [0.29, 0.717) is 24.8 Å². The van der Waals surface area contributed by atoms with Crippen molar-refractivity contribution in [2.75, 3.05) is 19.0 Å². The summed E-state index contributed by atoms with van der Waals surface area (Å²) in [5, 5.41) is 13.4. The summed E-state index contributed by atoms with van der Waals surface area (Å²) in [5.41, 5.74) is 0.152. The quantitative estimate of drug-likeness (QED) is 0.720. The summed E-state index contributed by atoms with van der Waals surface area (Å²) in [4.78, 5) is 22.6. The van der Waals surface area contributed by atoms with Crippen LogP contribution in [-0.4, -0.2) is 41.8 Å². The summed E-state index contributed by atoms with van der Waals surface area (Å²) in [6.45, 7) is 0.477. The minimum atomic E-state index is -0.525. The van der Waals surface area contributed by atoms with Crippen molar-refractivity contribution in [1.29, 1.82) is 0 Å². The molecule has 0 aliphatic heterocycles. The Morgan fingerprint density at radius 3 is 2.74 bits per heavy atom. The molecule has 0 aromatic carbocycles. The number of methoxy groups -OCH3 is 1. The second-order valence-electron chi connectivity index (χ2n) is 4.31. The molecule has 19 heavy (non-hydrogen) atoms. The second-order valence-corrected chi connectivity index (χ2v) is 4.31. The zero-order chi connectivity index (χ0) is 13.7. The highest BCUT2D eigenvalue weighted by Crippen LogP contribution is 2.18. The maximum Gasteiger partial charge on any atom is 0.358 e. The molecule has 2 rings (SSSR count). The molecular formula is C12H16N4O3. The van der Waals surface area contributed by atoms with Gasteiger partial charge in [0.15, 0.2) is 5.69 Å². The maximum absolute atomic E-state index is 11.4. The number of rotatable bonds is 6. The van der Waals surface area contributed by atoms with Crippen LogP contribution in [-0.2, 0) is 9.53 Å². The number of carbonyl (C=O) groups is 2. The topological polar surface area (TPSA) is 93.2 Å². The Morgan fingerprint density at radius 2 is 2.16 bits per heavy atom. The van der Waals surface area contributed by atoms with Crippen LogP contribution in [0.5, 0.6) is 0 Å². The van der Waals surface area contributed by atoms with Crippen molar-refractivity contribution in [2.45, 2.75) is 25.3 Å². The van der Waals surface area contributed by atoms with Crippen molar-refractivity contribution in [1.82, 2.24) is 15.5 Å². The molecule has 1 fully saturated rings. The molecule has 0 bridgehead atoms. The van der Waals surface area contributed by atoms with Gasteiger partial charge in [-0.05, 0) is 25.0 Å². The molecule has 7 heteroatoms. The SMILES string of the molecule is COC(=O)c1ccc(NCCC(=O)NC2CC2)nn1. The smallest absolute Gasteiger partial charge is 0.358 e. The molecule has 0 spiro atoms. The molecule has 1 aromatic heterocycles. The number of nitrogens with zero attached hydrogens (tertiary/aromatic N) is 2. The third kappa shape index (κ3) is 4.20. The van der Waals surface area contributed by atoms with Crippen LogP contribution in [0.2, 0.25) is 0 Å². The fraction of sp³-hybridized carbons (Fsp3) is 0.500. The number of carbonyl (C=O) groups excluding carboxylic acids is 2. The average Bonchev–Trinajstić information content (AvgIpc) is 3.22. The molecule has 0 atom stereocenters. The molecule has 1 saturated carbocycles. The Balaban J connectivity index is 1.73. The van der Waals surface area contributed by atoms with Gasteiger partial charge in [0.1, 0.15) is 5.82 Å². The lowest BCUT2D eigenvalue weighted by molar-refractivity contribution is -0.120. The van der Waals surface area contributed by atoms with Gasteiger partial charge >= 0.3 is 5.97 Å². The van der Waals surface area contributed by atoms with Crippen molar-refractivity contribution >= 4 is 17.7 Å². The molecule has 0 unspecified atom stereocenters. The molecule has 0 saturated heterocycles. The lowest BCUT2D eigenvalue weighted by Crippen LogP contribution is -2.27. The summed E-state index contributed by atoms with van der Waals surface area (Å²) in [6.07, 6.45) is 2.55. The van der Waals surface area contributed by atoms with E-state index in [1.165, 1.54) is 13.2 Å². The van der Waals surface area contributed by atoms with E-state index >= 15 is 0 Å². The average molecular weight is 264 g/mol. The molecular weight excluding hydrogens is 248 g/mol. The van der Waals surface area contributed by atoms with E-state index in [2.05, 4.69) is 25.6 Å². The Labute approximate surface area is 110 Å². The Morgan fingerprint density at radius 1 is 1.37 bits per heavy atom. The van der Waals surface area contributed by atoms with E-state index in [0.717, 1.165) is 12.8 Å². The minimum absolute atomic E-state index is 0.0362. The summed E-state index contributed by atoms with van der Waals surface area (Å²) in [5.74, 6) is 0.0314. The summed E-state index contributed by atoms with van der Waals surface area (Å²) in [7, 11) is 1.29. The van der Waals surface area contributed by atoms with Crippen molar-refractivity contribution in [3.05, 3.63) is 17.8 Å². The summed E-state index contributed by atoms with van der Waals surface area (Å²) >= 11 is 0. The van der Waals surface area contributed by atoms with Crippen LogP contribution in [0.1, 0.15) is 29.8 Å². The number of hydrogen-bond donors (Lipinski definition) is 2. The fourth-order valence-electron chi connectivity index (χ4n) is 1.47. The van der Waals surface area contributed by atoms with Crippen LogP contribution in [0.3, 0.4) is 0 Å². The predicted octanol–water partition coefficient (Wildman–Crippen LogP) is 0.344. The Bertz CT molecular complexity index is 457. The lowest BCUT2D eigenvalue weighted by atomic mass is 10.3. The number of ether oxygens (including phenoxy) is 1. The fourth-order valence-corrected chi connectivity index (χ4v) is 1.47. The van der Waals surface area contributed by atoms with Gasteiger partial charge in [-0.2, -0.15) is 0 Å². The molecule has 7 nitrogen and oxygen atoms in total. The number of anilines is 1. The molecule has 102 valence electrons. The number of hydrogen-bond acceptors (Lipinski definition) is 6. The number of esters is 1. The zero-order valence-corrected chi connectivity index (χ0v) is 10.7. The second kappa shape index (κ2) is 6.12. The van der Waals surface area contributed by atoms with Crippen LogP contribution in [0, 0.1) is 0 Å². The first-order valence-corrected chi connectivity index (χ1v) is 6.14. The molecule has 1 heterocycles. The Kier molecular flexibility index (Phi) is 4.27. The van der Waals surface area contributed by atoms with Gasteiger partial charge in [-0.3, -0.25) is 4.79 Å². The van der Waals surface area contributed by atoms with Gasteiger partial charge in [-0.1, -0.05) is 0 Å². The van der Waals surface area contributed by atoms with Crippen LogP contribution >= 0.6 is 0 Å². The van der Waals surface area contributed by atoms with Crippen LogP contribution in [0.15, 0.2) is 12.1 Å². The third-order valence-corrected chi connectivity index (χ3v) is 2.66. The molecule has 2 N–H and O–H groups in total. The van der Waals surface area contributed by atoms with Crippen molar-refractivity contribution in [3.63, 3.8) is 0 Å². The van der Waals surface area contributed by atoms with E-state index < -0.39 is 5.97 Å². The first-order valence-electron chi connectivity index (χ1n) is 6.14. The van der Waals surface area contributed by atoms with Gasteiger partial charge in [0.2, 0.25) is 5.91 Å². The Hall–Kier alpha value is -2.18. The van der Waals surface area contributed by atoms with Gasteiger partial charge in [-0.25, -0.2) is 4.79 Å². The van der Waals surface area contributed by atoms with E-state index in [-0.39, 0.29) is 11.6 Å². The summed E-state index contributed by atoms with van der Waals surface area (Å²) in [6, 6.07) is 3.52. The predicted molar refractivity (Wildman–Crippen MR) is 67.6 cm³/mol. The normalized spacial score (nSPS) is 13.7. The zero-order valence-electron chi connectivity index (χ0n) is 10.7. The number of aromatic nitrogens is 2. The van der Waals surface area contributed by atoms with E-state index in [1.807, 2.05) is 0 Å². The highest BCUT2D eigenvalue weighted by Gasteiger charge is 2.22. The van der Waals surface area contributed by atoms with Crippen LogP contribution in [0.25, 0.3) is 0 Å². The maximum atomic E-state index is 11.4. The van der Waals surface area contributed by atoms with Crippen LogP contribution < -0.4 is 10.6 Å². The highest BCUT2D eigenvalue weighted by atomic mass is 16.5. The minimum Gasteiger partial charge on any atom is -0.464 e. The molecule has 1 aromatic rings. The highest BCUT2D eigenvalue weighted by molar-refractivity contribution is 5.86. The standard InChI is InChI=1S/C12H16N4O3/c1-19-12(18)9-4-5-10(16-15-9)13-7-6-11(17)14-8-2-3-8/h4-5,8H,2-3,6-7H2,1H3,(H,13,16)(H,14,17). The van der Waals surface area contributed by atoms with E-state index in [4.69, 9.17) is 0 Å².